The summed E-state index contributed by atoms with van der Waals surface area (Å²) in [6.07, 6.45) is 3.22. The van der Waals surface area contributed by atoms with Gasteiger partial charge in [0, 0.05) is 19.3 Å². The van der Waals surface area contributed by atoms with Crippen molar-refractivity contribution in [1.82, 2.24) is 5.32 Å². The molecule has 0 aliphatic rings. The summed E-state index contributed by atoms with van der Waals surface area (Å²) in [5.74, 6) is 0.572. The van der Waals surface area contributed by atoms with E-state index in [0.717, 1.165) is 19.3 Å². The summed E-state index contributed by atoms with van der Waals surface area (Å²) in [7, 11) is 1.61. The Balaban J connectivity index is 2.41. The zero-order chi connectivity index (χ0) is 15.5. The minimum Gasteiger partial charge on any atom is -0.490 e. The number of benzene rings is 1. The van der Waals surface area contributed by atoms with E-state index in [2.05, 4.69) is 17.6 Å². The first-order chi connectivity index (χ1) is 10.2. The van der Waals surface area contributed by atoms with Gasteiger partial charge in [0.15, 0.2) is 0 Å². The Labute approximate surface area is 131 Å². The molecule has 0 spiro atoms. The van der Waals surface area contributed by atoms with Gasteiger partial charge in [-0.15, -0.1) is 0 Å². The largest absolute Gasteiger partial charge is 0.490 e. The highest BCUT2D eigenvalue weighted by atomic mass is 35.5. The molecular formula is C15H23ClN2O3. The smallest absolute Gasteiger partial charge is 0.319 e. The molecule has 0 aliphatic carbocycles. The Bertz CT molecular complexity index is 441. The lowest BCUT2D eigenvalue weighted by Crippen LogP contribution is -2.29. The summed E-state index contributed by atoms with van der Waals surface area (Å²) in [4.78, 5) is 11.7. The van der Waals surface area contributed by atoms with E-state index in [1.807, 2.05) is 0 Å². The van der Waals surface area contributed by atoms with Gasteiger partial charge in [0.2, 0.25) is 0 Å². The van der Waals surface area contributed by atoms with E-state index in [4.69, 9.17) is 21.1 Å². The third-order valence-electron chi connectivity index (χ3n) is 2.80. The van der Waals surface area contributed by atoms with Gasteiger partial charge in [0.25, 0.3) is 0 Å². The highest BCUT2D eigenvalue weighted by molar-refractivity contribution is 6.32. The van der Waals surface area contributed by atoms with Crippen molar-refractivity contribution < 1.29 is 14.3 Å². The molecule has 0 unspecified atom stereocenters. The Kier molecular flexibility index (Phi) is 8.62. The molecule has 21 heavy (non-hydrogen) atoms. The van der Waals surface area contributed by atoms with Crippen LogP contribution in [0.2, 0.25) is 5.02 Å². The highest BCUT2D eigenvalue weighted by Gasteiger charge is 2.06. The molecule has 1 aromatic rings. The maximum atomic E-state index is 11.7. The topological polar surface area (TPSA) is 59.6 Å². The van der Waals surface area contributed by atoms with Gasteiger partial charge in [-0.3, -0.25) is 0 Å². The molecule has 118 valence electrons. The second-order valence-corrected chi connectivity index (χ2v) is 4.98. The molecule has 0 aromatic heterocycles. The minimum absolute atomic E-state index is 0.227. The van der Waals surface area contributed by atoms with Crippen molar-refractivity contribution in [1.29, 1.82) is 0 Å². The van der Waals surface area contributed by atoms with Crippen molar-refractivity contribution in [2.24, 2.45) is 0 Å². The SMILES string of the molecule is CCCCCNC(=O)Nc1ccc(OCCOC)c(Cl)c1. The van der Waals surface area contributed by atoms with E-state index in [0.29, 0.717) is 36.2 Å². The van der Waals surface area contributed by atoms with Crippen LogP contribution < -0.4 is 15.4 Å². The molecular weight excluding hydrogens is 292 g/mol. The zero-order valence-corrected chi connectivity index (χ0v) is 13.3. The number of unbranched alkanes of at least 4 members (excludes halogenated alkanes) is 2. The van der Waals surface area contributed by atoms with Crippen molar-refractivity contribution in [3.63, 3.8) is 0 Å². The average Bonchev–Trinajstić information content (AvgIpc) is 2.46. The number of urea groups is 1. The molecule has 0 saturated carbocycles. The number of amides is 2. The Morgan fingerprint density at radius 1 is 1.29 bits per heavy atom. The third-order valence-corrected chi connectivity index (χ3v) is 3.10. The van der Waals surface area contributed by atoms with E-state index in [9.17, 15) is 4.79 Å². The molecule has 0 bridgehead atoms. The summed E-state index contributed by atoms with van der Waals surface area (Å²) in [6.45, 7) is 3.72. The molecule has 0 saturated heterocycles. The van der Waals surface area contributed by atoms with Crippen LogP contribution in [-0.4, -0.2) is 32.9 Å². The van der Waals surface area contributed by atoms with Crippen LogP contribution in [0.25, 0.3) is 0 Å². The summed E-state index contributed by atoms with van der Waals surface area (Å²) >= 11 is 6.10. The van der Waals surface area contributed by atoms with E-state index in [1.165, 1.54) is 0 Å². The summed E-state index contributed by atoms with van der Waals surface area (Å²) in [5.41, 5.74) is 0.632. The quantitative estimate of drug-likeness (QED) is 0.684. The van der Waals surface area contributed by atoms with Crippen molar-refractivity contribution in [3.8, 4) is 5.75 Å². The first-order valence-electron chi connectivity index (χ1n) is 7.13. The maximum absolute atomic E-state index is 11.7. The van der Waals surface area contributed by atoms with Crippen LogP contribution in [0.3, 0.4) is 0 Å². The Morgan fingerprint density at radius 3 is 2.76 bits per heavy atom. The molecule has 1 rings (SSSR count). The van der Waals surface area contributed by atoms with Crippen molar-refractivity contribution in [2.75, 3.05) is 32.2 Å². The van der Waals surface area contributed by atoms with Crippen LogP contribution in [0.1, 0.15) is 26.2 Å². The molecule has 0 heterocycles. The maximum Gasteiger partial charge on any atom is 0.319 e. The Morgan fingerprint density at radius 2 is 2.10 bits per heavy atom. The van der Waals surface area contributed by atoms with Crippen molar-refractivity contribution in [2.45, 2.75) is 26.2 Å². The van der Waals surface area contributed by atoms with Gasteiger partial charge in [-0.05, 0) is 24.6 Å². The van der Waals surface area contributed by atoms with E-state index in [1.54, 1.807) is 25.3 Å². The number of nitrogens with one attached hydrogen (secondary N) is 2. The van der Waals surface area contributed by atoms with E-state index in [-0.39, 0.29) is 6.03 Å². The molecule has 5 nitrogen and oxygen atoms in total. The van der Waals surface area contributed by atoms with Crippen LogP contribution in [0.4, 0.5) is 10.5 Å². The number of hydrogen-bond acceptors (Lipinski definition) is 3. The van der Waals surface area contributed by atoms with Crippen molar-refractivity contribution in [3.05, 3.63) is 23.2 Å². The second kappa shape index (κ2) is 10.3. The summed E-state index contributed by atoms with van der Waals surface area (Å²) in [6, 6.07) is 4.91. The second-order valence-electron chi connectivity index (χ2n) is 4.57. The molecule has 1 aromatic carbocycles. The van der Waals surface area contributed by atoms with Gasteiger partial charge < -0.3 is 20.1 Å². The third kappa shape index (κ3) is 7.20. The Hall–Kier alpha value is -1.46. The monoisotopic (exact) mass is 314 g/mol. The molecule has 2 N–H and O–H groups in total. The lowest BCUT2D eigenvalue weighted by Gasteiger charge is -2.11. The van der Waals surface area contributed by atoms with Gasteiger partial charge in [0.1, 0.15) is 12.4 Å². The van der Waals surface area contributed by atoms with E-state index < -0.39 is 0 Å². The summed E-state index contributed by atoms with van der Waals surface area (Å²) < 4.78 is 10.3. The standard InChI is InChI=1S/C15H23ClN2O3/c1-3-4-5-8-17-15(19)18-12-6-7-14(13(16)11-12)21-10-9-20-2/h6-7,11H,3-5,8-10H2,1-2H3,(H2,17,18,19). The van der Waals surface area contributed by atoms with Gasteiger partial charge in [-0.25, -0.2) is 4.79 Å². The van der Waals surface area contributed by atoms with Crippen LogP contribution in [-0.2, 0) is 4.74 Å². The highest BCUT2D eigenvalue weighted by Crippen LogP contribution is 2.27. The lowest BCUT2D eigenvalue weighted by atomic mass is 10.2. The normalized spacial score (nSPS) is 10.2. The first-order valence-corrected chi connectivity index (χ1v) is 7.51. The van der Waals surface area contributed by atoms with Gasteiger partial charge in [-0.2, -0.15) is 0 Å². The number of rotatable bonds is 9. The molecule has 0 atom stereocenters. The number of carbonyl (C=O) groups excluding carboxylic acids is 1. The van der Waals surface area contributed by atoms with Gasteiger partial charge in [-0.1, -0.05) is 31.4 Å². The van der Waals surface area contributed by atoms with Crippen LogP contribution in [0.15, 0.2) is 18.2 Å². The number of hydrogen-bond donors (Lipinski definition) is 2. The first kappa shape index (κ1) is 17.6. The number of methoxy groups -OCH3 is 1. The van der Waals surface area contributed by atoms with Crippen LogP contribution >= 0.6 is 11.6 Å². The number of anilines is 1. The lowest BCUT2D eigenvalue weighted by molar-refractivity contribution is 0.146. The van der Waals surface area contributed by atoms with Crippen molar-refractivity contribution >= 4 is 23.3 Å². The van der Waals surface area contributed by atoms with Crippen LogP contribution in [0.5, 0.6) is 5.75 Å². The fraction of sp³-hybridized carbons (Fsp3) is 0.533. The van der Waals surface area contributed by atoms with E-state index >= 15 is 0 Å². The predicted octanol–water partition coefficient (Wildman–Crippen LogP) is 3.68. The molecule has 6 heteroatoms. The fourth-order valence-corrected chi connectivity index (χ4v) is 1.92. The average molecular weight is 315 g/mol. The minimum atomic E-state index is -0.227. The number of carbonyl (C=O) groups is 1. The zero-order valence-electron chi connectivity index (χ0n) is 12.6. The predicted molar refractivity (Wildman–Crippen MR) is 85.4 cm³/mol. The summed E-state index contributed by atoms with van der Waals surface area (Å²) in [5, 5.41) is 5.99. The molecule has 0 radical (unpaired) electrons. The molecule has 0 aliphatic heterocycles. The van der Waals surface area contributed by atoms with Crippen LogP contribution in [0, 0.1) is 0 Å². The molecule has 2 amide bonds. The molecule has 0 fully saturated rings. The number of ether oxygens (including phenoxy) is 2. The van der Waals surface area contributed by atoms with Gasteiger partial charge >= 0.3 is 6.03 Å². The fourth-order valence-electron chi connectivity index (χ4n) is 1.68. The van der Waals surface area contributed by atoms with Gasteiger partial charge in [0.05, 0.1) is 11.6 Å². The number of halogens is 1.